The number of esters is 1. The summed E-state index contributed by atoms with van der Waals surface area (Å²) < 4.78 is 10.0. The summed E-state index contributed by atoms with van der Waals surface area (Å²) in [5.41, 5.74) is 1.65. The quantitative estimate of drug-likeness (QED) is 0.383. The number of anilines is 1. The van der Waals surface area contributed by atoms with Crippen LogP contribution < -0.4 is 5.32 Å². The fraction of sp³-hybridized carbons (Fsp3) is 0.111. The first-order chi connectivity index (χ1) is 13.0. The third-order valence-electron chi connectivity index (χ3n) is 3.58. The number of nitro groups is 1. The van der Waals surface area contributed by atoms with E-state index in [4.69, 9.17) is 9.15 Å². The molecular weight excluding hydrogens is 372 g/mol. The number of nitrogens with one attached hydrogen (secondary N) is 1. The predicted octanol–water partition coefficient (Wildman–Crippen LogP) is 4.35. The summed E-state index contributed by atoms with van der Waals surface area (Å²) in [6.07, 6.45) is 0. The maximum atomic E-state index is 12.5. The SMILES string of the molecule is CCOC(=O)c1c(-c2ccccc2)csc1NC(=O)c1ccc([N+](=O)[O-])o1. The number of carbonyl (C=O) groups is 2. The van der Waals surface area contributed by atoms with Gasteiger partial charge < -0.3 is 14.5 Å². The fourth-order valence-electron chi connectivity index (χ4n) is 2.40. The summed E-state index contributed by atoms with van der Waals surface area (Å²) in [4.78, 5) is 34.8. The first kappa shape index (κ1) is 18.3. The van der Waals surface area contributed by atoms with E-state index in [1.165, 1.54) is 6.07 Å². The van der Waals surface area contributed by atoms with Crippen LogP contribution in [0.5, 0.6) is 0 Å². The molecule has 0 spiro atoms. The Bertz CT molecular complexity index is 992. The Hall–Kier alpha value is -3.46. The van der Waals surface area contributed by atoms with E-state index in [1.807, 2.05) is 30.3 Å². The van der Waals surface area contributed by atoms with Crippen molar-refractivity contribution < 1.29 is 23.7 Å². The number of hydrogen-bond donors (Lipinski definition) is 1. The molecule has 3 rings (SSSR count). The average Bonchev–Trinajstić information content (AvgIpc) is 3.30. The van der Waals surface area contributed by atoms with Crippen LogP contribution in [0.15, 0.2) is 52.3 Å². The number of nitrogens with zero attached hydrogens (tertiary/aromatic N) is 1. The lowest BCUT2D eigenvalue weighted by molar-refractivity contribution is -0.402. The Kier molecular flexibility index (Phi) is 5.32. The highest BCUT2D eigenvalue weighted by Crippen LogP contribution is 2.36. The summed E-state index contributed by atoms with van der Waals surface area (Å²) in [6, 6.07) is 11.5. The van der Waals surface area contributed by atoms with Gasteiger partial charge in [0.2, 0.25) is 0 Å². The van der Waals surface area contributed by atoms with Crippen LogP contribution in [-0.4, -0.2) is 23.4 Å². The van der Waals surface area contributed by atoms with Gasteiger partial charge in [-0.3, -0.25) is 14.9 Å². The van der Waals surface area contributed by atoms with Crippen molar-refractivity contribution in [3.63, 3.8) is 0 Å². The molecule has 1 aromatic carbocycles. The van der Waals surface area contributed by atoms with Crippen molar-refractivity contribution in [1.82, 2.24) is 0 Å². The van der Waals surface area contributed by atoms with Gasteiger partial charge in [-0.05, 0) is 18.6 Å². The zero-order valence-electron chi connectivity index (χ0n) is 14.1. The fourth-order valence-corrected chi connectivity index (χ4v) is 3.35. The van der Waals surface area contributed by atoms with Gasteiger partial charge in [-0.1, -0.05) is 30.3 Å². The van der Waals surface area contributed by atoms with Crippen molar-refractivity contribution in [1.29, 1.82) is 0 Å². The lowest BCUT2D eigenvalue weighted by Crippen LogP contribution is -2.14. The highest BCUT2D eigenvalue weighted by molar-refractivity contribution is 7.15. The normalized spacial score (nSPS) is 10.4. The van der Waals surface area contributed by atoms with Crippen molar-refractivity contribution in [2.45, 2.75) is 6.92 Å². The summed E-state index contributed by atoms with van der Waals surface area (Å²) in [5.74, 6) is -2.04. The average molecular weight is 386 g/mol. The third kappa shape index (κ3) is 3.87. The molecule has 2 heterocycles. The van der Waals surface area contributed by atoms with Crippen LogP contribution in [0.25, 0.3) is 11.1 Å². The zero-order valence-corrected chi connectivity index (χ0v) is 14.9. The molecule has 0 saturated heterocycles. The van der Waals surface area contributed by atoms with Crippen molar-refractivity contribution in [2.24, 2.45) is 0 Å². The molecule has 9 heteroatoms. The lowest BCUT2D eigenvalue weighted by atomic mass is 10.0. The Morgan fingerprint density at radius 1 is 1.22 bits per heavy atom. The van der Waals surface area contributed by atoms with Gasteiger partial charge in [-0.15, -0.1) is 11.3 Å². The molecule has 0 aliphatic rings. The minimum absolute atomic E-state index is 0.181. The molecule has 0 aliphatic heterocycles. The molecule has 27 heavy (non-hydrogen) atoms. The minimum Gasteiger partial charge on any atom is -0.462 e. The number of furan rings is 1. The van der Waals surface area contributed by atoms with E-state index < -0.39 is 22.7 Å². The van der Waals surface area contributed by atoms with Crippen molar-refractivity contribution in [2.75, 3.05) is 11.9 Å². The lowest BCUT2D eigenvalue weighted by Gasteiger charge is -2.08. The van der Waals surface area contributed by atoms with Crippen LogP contribution in [-0.2, 0) is 4.74 Å². The molecule has 3 aromatic rings. The van der Waals surface area contributed by atoms with Gasteiger partial charge in [0.1, 0.15) is 15.5 Å². The van der Waals surface area contributed by atoms with Crippen LogP contribution in [0, 0.1) is 10.1 Å². The number of ether oxygens (including phenoxy) is 1. The van der Waals surface area contributed by atoms with E-state index in [-0.39, 0.29) is 22.9 Å². The standard InChI is InChI=1S/C18H14N2O6S/c1-2-25-18(22)15-12(11-6-4-3-5-7-11)10-27-17(15)19-16(21)13-8-9-14(26-13)20(23)24/h3-10H,2H2,1H3,(H,19,21). The van der Waals surface area contributed by atoms with Gasteiger partial charge in [0.05, 0.1) is 12.7 Å². The van der Waals surface area contributed by atoms with Crippen LogP contribution >= 0.6 is 11.3 Å². The highest BCUT2D eigenvalue weighted by Gasteiger charge is 2.24. The van der Waals surface area contributed by atoms with Crippen LogP contribution in [0.2, 0.25) is 0 Å². The molecule has 0 atom stereocenters. The van der Waals surface area contributed by atoms with Crippen LogP contribution in [0.1, 0.15) is 27.8 Å². The van der Waals surface area contributed by atoms with E-state index in [1.54, 1.807) is 12.3 Å². The summed E-state index contributed by atoms with van der Waals surface area (Å²) >= 11 is 1.15. The number of benzene rings is 1. The Morgan fingerprint density at radius 2 is 1.96 bits per heavy atom. The van der Waals surface area contributed by atoms with Gasteiger partial charge in [-0.2, -0.15) is 0 Å². The van der Waals surface area contributed by atoms with Crippen molar-refractivity contribution >= 4 is 34.1 Å². The molecule has 0 saturated carbocycles. The van der Waals surface area contributed by atoms with Crippen LogP contribution in [0.4, 0.5) is 10.9 Å². The third-order valence-corrected chi connectivity index (χ3v) is 4.47. The first-order valence-corrected chi connectivity index (χ1v) is 8.78. The van der Waals surface area contributed by atoms with Gasteiger partial charge in [0.25, 0.3) is 5.91 Å². The summed E-state index contributed by atoms with van der Waals surface area (Å²) in [6.45, 7) is 1.87. The van der Waals surface area contributed by atoms with Gasteiger partial charge in [-0.25, -0.2) is 4.79 Å². The largest absolute Gasteiger partial charge is 0.462 e. The second-order valence-corrected chi connectivity index (χ2v) is 6.17. The molecule has 2 aromatic heterocycles. The second kappa shape index (κ2) is 7.83. The van der Waals surface area contributed by atoms with E-state index in [0.29, 0.717) is 5.56 Å². The maximum absolute atomic E-state index is 12.5. The van der Waals surface area contributed by atoms with Gasteiger partial charge in [0, 0.05) is 10.9 Å². The molecule has 1 amide bonds. The molecule has 0 bridgehead atoms. The first-order valence-electron chi connectivity index (χ1n) is 7.91. The summed E-state index contributed by atoms with van der Waals surface area (Å²) in [7, 11) is 0. The van der Waals surface area contributed by atoms with Gasteiger partial charge >= 0.3 is 11.9 Å². The van der Waals surface area contributed by atoms with Crippen molar-refractivity contribution in [3.8, 4) is 11.1 Å². The Labute approximate surface area is 157 Å². The molecule has 0 aliphatic carbocycles. The van der Waals surface area contributed by atoms with Crippen molar-refractivity contribution in [3.05, 3.63) is 69.3 Å². The minimum atomic E-state index is -0.737. The molecule has 0 radical (unpaired) electrons. The molecule has 138 valence electrons. The highest BCUT2D eigenvalue weighted by atomic mass is 32.1. The predicted molar refractivity (Wildman–Crippen MR) is 99.0 cm³/mol. The molecule has 1 N–H and O–H groups in total. The summed E-state index contributed by atoms with van der Waals surface area (Å²) in [5, 5.41) is 15.3. The molecule has 8 nitrogen and oxygen atoms in total. The molecule has 0 fully saturated rings. The van der Waals surface area contributed by atoms with E-state index >= 15 is 0 Å². The van der Waals surface area contributed by atoms with E-state index in [9.17, 15) is 19.7 Å². The number of rotatable bonds is 6. The monoisotopic (exact) mass is 386 g/mol. The number of amides is 1. The molecular formula is C18H14N2O6S. The zero-order chi connectivity index (χ0) is 19.4. The number of hydrogen-bond acceptors (Lipinski definition) is 7. The van der Waals surface area contributed by atoms with Crippen LogP contribution in [0.3, 0.4) is 0 Å². The van der Waals surface area contributed by atoms with E-state index in [2.05, 4.69) is 5.32 Å². The smallest absolute Gasteiger partial charge is 0.433 e. The Morgan fingerprint density at radius 3 is 2.59 bits per heavy atom. The number of thiophene rings is 1. The van der Waals surface area contributed by atoms with Gasteiger partial charge in [0.15, 0.2) is 5.76 Å². The number of carbonyl (C=O) groups excluding carboxylic acids is 2. The maximum Gasteiger partial charge on any atom is 0.433 e. The Balaban J connectivity index is 1.94. The second-order valence-electron chi connectivity index (χ2n) is 5.29. The topological polar surface area (TPSA) is 112 Å². The van der Waals surface area contributed by atoms with E-state index in [0.717, 1.165) is 23.0 Å². The molecule has 0 unspecified atom stereocenters.